The molecule has 0 saturated heterocycles. The van der Waals surface area contributed by atoms with E-state index in [0.717, 1.165) is 23.4 Å². The molecule has 0 saturated carbocycles. The van der Waals surface area contributed by atoms with Gasteiger partial charge in [0, 0.05) is 6.54 Å². The second kappa shape index (κ2) is 3.44. The normalized spacial score (nSPS) is 10.1. The first kappa shape index (κ1) is 8.14. The molecule has 0 unspecified atom stereocenters. The van der Waals surface area contributed by atoms with Gasteiger partial charge in [-0.2, -0.15) is 10.2 Å². The Morgan fingerprint density at radius 1 is 1.45 bits per heavy atom. The fourth-order valence-electron chi connectivity index (χ4n) is 0.917. The summed E-state index contributed by atoms with van der Waals surface area (Å²) in [6, 6.07) is 2.02. The van der Waals surface area contributed by atoms with Crippen LogP contribution in [0.5, 0.6) is 0 Å². The summed E-state index contributed by atoms with van der Waals surface area (Å²) in [6.45, 7) is 4.53. The van der Waals surface area contributed by atoms with Crippen molar-refractivity contribution in [2.24, 2.45) is 5.73 Å². The van der Waals surface area contributed by atoms with Gasteiger partial charge in [-0.25, -0.2) is 0 Å². The Morgan fingerprint density at radius 3 is 2.73 bits per heavy atom. The maximum Gasteiger partial charge on any atom is 0.0645 e. The molecule has 1 aromatic heterocycles. The predicted octanol–water partition coefficient (Wildman–Crippen LogP) is 0.806. The van der Waals surface area contributed by atoms with Gasteiger partial charge in [-0.15, -0.1) is 0 Å². The molecular weight excluding hydrogens is 138 g/mol. The molecule has 11 heavy (non-hydrogen) atoms. The highest BCUT2D eigenvalue weighted by Gasteiger charge is 1.99. The Morgan fingerprint density at radius 2 is 2.18 bits per heavy atom. The second-order valence-electron chi connectivity index (χ2n) is 2.50. The van der Waals surface area contributed by atoms with Crippen LogP contribution in [-0.4, -0.2) is 10.2 Å². The molecule has 3 nitrogen and oxygen atoms in total. The summed E-state index contributed by atoms with van der Waals surface area (Å²) in [7, 11) is 0. The average Bonchev–Trinajstić information content (AvgIpc) is 2.05. The van der Waals surface area contributed by atoms with E-state index in [2.05, 4.69) is 17.1 Å². The van der Waals surface area contributed by atoms with Crippen molar-refractivity contribution in [1.29, 1.82) is 0 Å². The molecule has 0 amide bonds. The van der Waals surface area contributed by atoms with Crippen LogP contribution in [0, 0.1) is 6.92 Å². The highest BCUT2D eigenvalue weighted by atomic mass is 15.1. The first-order chi connectivity index (χ1) is 5.27. The maximum atomic E-state index is 5.51. The number of hydrogen-bond donors (Lipinski definition) is 1. The molecule has 0 radical (unpaired) electrons. The lowest BCUT2D eigenvalue weighted by atomic mass is 10.2. The molecule has 3 heteroatoms. The van der Waals surface area contributed by atoms with E-state index in [1.807, 2.05) is 13.0 Å². The molecular formula is C8H13N3. The molecule has 1 aromatic rings. The van der Waals surface area contributed by atoms with Gasteiger partial charge < -0.3 is 5.73 Å². The Kier molecular flexibility index (Phi) is 2.54. The third-order valence-electron chi connectivity index (χ3n) is 1.72. The van der Waals surface area contributed by atoms with E-state index in [4.69, 9.17) is 5.73 Å². The fourth-order valence-corrected chi connectivity index (χ4v) is 0.917. The Hall–Kier alpha value is -0.960. The van der Waals surface area contributed by atoms with Crippen molar-refractivity contribution in [3.63, 3.8) is 0 Å². The van der Waals surface area contributed by atoms with Crippen LogP contribution < -0.4 is 5.73 Å². The third-order valence-corrected chi connectivity index (χ3v) is 1.72. The lowest BCUT2D eigenvalue weighted by Crippen LogP contribution is -2.04. The van der Waals surface area contributed by atoms with E-state index >= 15 is 0 Å². The molecule has 0 aromatic carbocycles. The fraction of sp³-hybridized carbons (Fsp3) is 0.500. The maximum absolute atomic E-state index is 5.51. The Balaban J connectivity index is 3.02. The summed E-state index contributed by atoms with van der Waals surface area (Å²) >= 11 is 0. The zero-order valence-electron chi connectivity index (χ0n) is 6.96. The largest absolute Gasteiger partial charge is 0.326 e. The van der Waals surface area contributed by atoms with Crippen molar-refractivity contribution in [2.45, 2.75) is 26.8 Å². The number of rotatable bonds is 2. The van der Waals surface area contributed by atoms with Gasteiger partial charge in [-0.05, 0) is 25.0 Å². The van der Waals surface area contributed by atoms with Crippen molar-refractivity contribution in [3.8, 4) is 0 Å². The third kappa shape index (κ3) is 1.74. The van der Waals surface area contributed by atoms with Gasteiger partial charge in [0.25, 0.3) is 0 Å². The molecule has 2 N–H and O–H groups in total. The van der Waals surface area contributed by atoms with Gasteiger partial charge in [-0.3, -0.25) is 0 Å². The van der Waals surface area contributed by atoms with Crippen LogP contribution >= 0.6 is 0 Å². The number of nitrogens with two attached hydrogens (primary N) is 1. The van der Waals surface area contributed by atoms with Gasteiger partial charge in [-0.1, -0.05) is 6.92 Å². The van der Waals surface area contributed by atoms with Crippen molar-refractivity contribution in [2.75, 3.05) is 0 Å². The van der Waals surface area contributed by atoms with Crippen molar-refractivity contribution in [1.82, 2.24) is 10.2 Å². The number of nitrogens with zero attached hydrogens (tertiary/aromatic N) is 2. The van der Waals surface area contributed by atoms with E-state index < -0.39 is 0 Å². The summed E-state index contributed by atoms with van der Waals surface area (Å²) in [5.74, 6) is 0. The SMILES string of the molecule is CCc1cc(CN)c(C)nn1. The van der Waals surface area contributed by atoms with E-state index in [-0.39, 0.29) is 0 Å². The summed E-state index contributed by atoms with van der Waals surface area (Å²) in [4.78, 5) is 0. The zero-order valence-corrected chi connectivity index (χ0v) is 6.96. The van der Waals surface area contributed by atoms with Crippen molar-refractivity contribution < 1.29 is 0 Å². The monoisotopic (exact) mass is 151 g/mol. The zero-order chi connectivity index (χ0) is 8.27. The lowest BCUT2D eigenvalue weighted by Gasteiger charge is -2.01. The van der Waals surface area contributed by atoms with Crippen LogP contribution in [0.3, 0.4) is 0 Å². The topological polar surface area (TPSA) is 51.8 Å². The summed E-state index contributed by atoms with van der Waals surface area (Å²) in [6.07, 6.45) is 0.917. The van der Waals surface area contributed by atoms with E-state index in [9.17, 15) is 0 Å². The van der Waals surface area contributed by atoms with E-state index in [1.165, 1.54) is 0 Å². The van der Waals surface area contributed by atoms with Gasteiger partial charge in [0.2, 0.25) is 0 Å². The van der Waals surface area contributed by atoms with Crippen LogP contribution in [0.1, 0.15) is 23.9 Å². The smallest absolute Gasteiger partial charge is 0.0645 e. The number of aryl methyl sites for hydroxylation is 2. The molecule has 1 rings (SSSR count). The minimum absolute atomic E-state index is 0.550. The molecule has 0 atom stereocenters. The average molecular weight is 151 g/mol. The van der Waals surface area contributed by atoms with Crippen LogP contribution in [0.2, 0.25) is 0 Å². The summed E-state index contributed by atoms with van der Waals surface area (Å²) in [5.41, 5.74) is 8.55. The standard InChI is InChI=1S/C8H13N3/c1-3-8-4-7(5-9)6(2)10-11-8/h4H,3,5,9H2,1-2H3. The highest BCUT2D eigenvalue weighted by molar-refractivity contribution is 5.19. The summed E-state index contributed by atoms with van der Waals surface area (Å²) < 4.78 is 0. The van der Waals surface area contributed by atoms with Crippen molar-refractivity contribution >= 4 is 0 Å². The Labute approximate surface area is 66.6 Å². The molecule has 0 aliphatic heterocycles. The van der Waals surface area contributed by atoms with Crippen LogP contribution in [0.15, 0.2) is 6.07 Å². The predicted molar refractivity (Wildman–Crippen MR) is 44.0 cm³/mol. The molecule has 0 fully saturated rings. The van der Waals surface area contributed by atoms with Crippen molar-refractivity contribution in [3.05, 3.63) is 23.0 Å². The van der Waals surface area contributed by atoms with Crippen LogP contribution in [0.4, 0.5) is 0 Å². The summed E-state index contributed by atoms with van der Waals surface area (Å²) in [5, 5.41) is 7.99. The quantitative estimate of drug-likeness (QED) is 0.680. The number of aromatic nitrogens is 2. The molecule has 60 valence electrons. The molecule has 0 aliphatic rings. The van der Waals surface area contributed by atoms with Gasteiger partial charge in [0.1, 0.15) is 0 Å². The first-order valence-electron chi connectivity index (χ1n) is 3.80. The van der Waals surface area contributed by atoms with Gasteiger partial charge in [0.15, 0.2) is 0 Å². The molecule has 0 aliphatic carbocycles. The van der Waals surface area contributed by atoms with Crippen LogP contribution in [-0.2, 0) is 13.0 Å². The highest BCUT2D eigenvalue weighted by Crippen LogP contribution is 2.04. The molecule has 1 heterocycles. The van der Waals surface area contributed by atoms with E-state index in [0.29, 0.717) is 6.54 Å². The Bertz CT molecular complexity index is 245. The lowest BCUT2D eigenvalue weighted by molar-refractivity contribution is 0.858. The van der Waals surface area contributed by atoms with Gasteiger partial charge >= 0.3 is 0 Å². The first-order valence-corrected chi connectivity index (χ1v) is 3.80. The molecule has 0 spiro atoms. The van der Waals surface area contributed by atoms with Crippen LogP contribution in [0.25, 0.3) is 0 Å². The van der Waals surface area contributed by atoms with Gasteiger partial charge in [0.05, 0.1) is 11.4 Å². The van der Waals surface area contributed by atoms with E-state index in [1.54, 1.807) is 0 Å². The second-order valence-corrected chi connectivity index (χ2v) is 2.50. The minimum Gasteiger partial charge on any atom is -0.326 e. The molecule has 0 bridgehead atoms. The number of hydrogen-bond acceptors (Lipinski definition) is 3. The minimum atomic E-state index is 0.550.